The van der Waals surface area contributed by atoms with E-state index in [0.29, 0.717) is 5.56 Å². The largest absolute Gasteiger partial charge is 0.508 e. The van der Waals surface area contributed by atoms with Crippen LogP contribution in [-0.4, -0.2) is 10.3 Å². The Morgan fingerprint density at radius 1 is 1.55 bits per heavy atom. The zero-order valence-corrected chi connectivity index (χ0v) is 6.72. The Labute approximate surface area is 69.4 Å². The lowest BCUT2D eigenvalue weighted by molar-refractivity contribution is 0.108. The van der Waals surface area contributed by atoms with Gasteiger partial charge in [0.05, 0.1) is 0 Å². The van der Waals surface area contributed by atoms with Crippen molar-refractivity contribution in [2.75, 3.05) is 0 Å². The highest BCUT2D eigenvalue weighted by molar-refractivity contribution is 6.67. The molecule has 0 aliphatic heterocycles. The molecule has 0 amide bonds. The second-order valence-electron chi connectivity index (χ2n) is 2.27. The van der Waals surface area contributed by atoms with Gasteiger partial charge in [-0.25, -0.2) is 0 Å². The van der Waals surface area contributed by atoms with Crippen molar-refractivity contribution in [2.45, 2.75) is 6.92 Å². The zero-order chi connectivity index (χ0) is 8.43. The Hall–Kier alpha value is -1.02. The van der Waals surface area contributed by atoms with Crippen LogP contribution in [0.25, 0.3) is 0 Å². The SMILES string of the molecule is Cc1ccc(O)cc1C(=O)Cl. The average Bonchev–Trinajstić information content (AvgIpc) is 1.94. The maximum atomic E-state index is 10.7. The average molecular weight is 171 g/mol. The summed E-state index contributed by atoms with van der Waals surface area (Å²) in [7, 11) is 0. The molecule has 0 bridgehead atoms. The van der Waals surface area contributed by atoms with Gasteiger partial charge in [-0.1, -0.05) is 6.07 Å². The van der Waals surface area contributed by atoms with Crippen molar-refractivity contribution in [2.24, 2.45) is 0 Å². The highest BCUT2D eigenvalue weighted by Gasteiger charge is 2.05. The van der Waals surface area contributed by atoms with Gasteiger partial charge in [-0.05, 0) is 36.2 Å². The monoisotopic (exact) mass is 170 g/mol. The van der Waals surface area contributed by atoms with Crippen LogP contribution in [0.2, 0.25) is 0 Å². The first-order chi connectivity index (χ1) is 5.11. The molecule has 1 N–H and O–H groups in total. The van der Waals surface area contributed by atoms with Gasteiger partial charge in [0.1, 0.15) is 5.75 Å². The molecule has 0 radical (unpaired) electrons. The molecular formula is C8H7ClO2. The standard InChI is InChI=1S/C8H7ClO2/c1-5-2-3-6(10)4-7(5)8(9)11/h2-4,10H,1H3. The highest BCUT2D eigenvalue weighted by atomic mass is 35.5. The molecule has 0 aliphatic carbocycles. The summed E-state index contributed by atoms with van der Waals surface area (Å²) in [4.78, 5) is 10.7. The minimum Gasteiger partial charge on any atom is -0.508 e. The van der Waals surface area contributed by atoms with E-state index in [1.807, 2.05) is 0 Å². The second-order valence-corrected chi connectivity index (χ2v) is 2.62. The van der Waals surface area contributed by atoms with Crippen LogP contribution in [0.15, 0.2) is 18.2 Å². The predicted octanol–water partition coefficient (Wildman–Crippen LogP) is 2.08. The minimum atomic E-state index is -0.543. The van der Waals surface area contributed by atoms with Crippen LogP contribution in [0, 0.1) is 6.92 Å². The van der Waals surface area contributed by atoms with Gasteiger partial charge in [0.2, 0.25) is 0 Å². The number of rotatable bonds is 1. The van der Waals surface area contributed by atoms with Gasteiger partial charge in [-0.15, -0.1) is 0 Å². The molecule has 3 heteroatoms. The highest BCUT2D eigenvalue weighted by Crippen LogP contribution is 2.17. The lowest BCUT2D eigenvalue weighted by Crippen LogP contribution is -1.91. The third kappa shape index (κ3) is 1.71. The third-order valence-electron chi connectivity index (χ3n) is 1.43. The predicted molar refractivity (Wildman–Crippen MR) is 43.0 cm³/mol. The van der Waals surface area contributed by atoms with E-state index in [9.17, 15) is 4.79 Å². The molecule has 2 nitrogen and oxygen atoms in total. The fourth-order valence-electron chi connectivity index (χ4n) is 0.822. The summed E-state index contributed by atoms with van der Waals surface area (Å²) in [6, 6.07) is 4.51. The van der Waals surface area contributed by atoms with E-state index in [0.717, 1.165) is 5.56 Å². The Morgan fingerprint density at radius 3 is 2.64 bits per heavy atom. The van der Waals surface area contributed by atoms with E-state index >= 15 is 0 Å². The molecule has 58 valence electrons. The van der Waals surface area contributed by atoms with Gasteiger partial charge in [0.15, 0.2) is 0 Å². The fraction of sp³-hybridized carbons (Fsp3) is 0.125. The van der Waals surface area contributed by atoms with Crippen molar-refractivity contribution in [3.05, 3.63) is 29.3 Å². The van der Waals surface area contributed by atoms with Crippen LogP contribution in [0.4, 0.5) is 0 Å². The van der Waals surface area contributed by atoms with E-state index in [2.05, 4.69) is 0 Å². The number of phenols is 1. The topological polar surface area (TPSA) is 37.3 Å². The van der Waals surface area contributed by atoms with Crippen molar-refractivity contribution < 1.29 is 9.90 Å². The summed E-state index contributed by atoms with van der Waals surface area (Å²) < 4.78 is 0. The fourth-order valence-corrected chi connectivity index (χ4v) is 1.03. The van der Waals surface area contributed by atoms with Gasteiger partial charge in [0.25, 0.3) is 5.24 Å². The Bertz CT molecular complexity index is 294. The van der Waals surface area contributed by atoms with Gasteiger partial charge >= 0.3 is 0 Å². The molecule has 0 spiro atoms. The summed E-state index contributed by atoms with van der Waals surface area (Å²) in [6.07, 6.45) is 0. The first-order valence-electron chi connectivity index (χ1n) is 3.10. The van der Waals surface area contributed by atoms with E-state index in [-0.39, 0.29) is 5.75 Å². The molecule has 1 aromatic carbocycles. The molecule has 0 aliphatic rings. The van der Waals surface area contributed by atoms with E-state index < -0.39 is 5.24 Å². The van der Waals surface area contributed by atoms with E-state index in [1.54, 1.807) is 13.0 Å². The number of phenolic OH excluding ortho intramolecular Hbond substituents is 1. The molecule has 0 aromatic heterocycles. The zero-order valence-electron chi connectivity index (χ0n) is 5.97. The molecule has 0 fully saturated rings. The van der Waals surface area contributed by atoms with Gasteiger partial charge in [0, 0.05) is 5.56 Å². The third-order valence-corrected chi connectivity index (χ3v) is 1.64. The van der Waals surface area contributed by atoms with Crippen molar-refractivity contribution in [1.82, 2.24) is 0 Å². The normalized spacial score (nSPS) is 9.64. The number of halogens is 1. The molecule has 0 saturated carbocycles. The van der Waals surface area contributed by atoms with Crippen LogP contribution in [0.3, 0.4) is 0 Å². The lowest BCUT2D eigenvalue weighted by Gasteiger charge is -1.99. The van der Waals surface area contributed by atoms with Crippen LogP contribution >= 0.6 is 11.6 Å². The number of hydrogen-bond donors (Lipinski definition) is 1. The second kappa shape index (κ2) is 2.93. The van der Waals surface area contributed by atoms with Crippen molar-refractivity contribution >= 4 is 16.8 Å². The van der Waals surface area contributed by atoms with Crippen molar-refractivity contribution in [1.29, 1.82) is 0 Å². The summed E-state index contributed by atoms with van der Waals surface area (Å²) >= 11 is 5.23. The smallest absolute Gasteiger partial charge is 0.252 e. The van der Waals surface area contributed by atoms with Crippen molar-refractivity contribution in [3.8, 4) is 5.75 Å². The number of carbonyl (C=O) groups excluding carboxylic acids is 1. The van der Waals surface area contributed by atoms with Gasteiger partial charge in [-0.2, -0.15) is 0 Å². The molecule has 0 unspecified atom stereocenters. The molecule has 1 rings (SSSR count). The lowest BCUT2D eigenvalue weighted by atomic mass is 10.1. The number of carbonyl (C=O) groups is 1. The molecule has 0 atom stereocenters. The first kappa shape index (κ1) is 8.08. The Kier molecular flexibility index (Phi) is 2.15. The number of hydrogen-bond acceptors (Lipinski definition) is 2. The molecular weight excluding hydrogens is 164 g/mol. The molecule has 0 heterocycles. The molecule has 11 heavy (non-hydrogen) atoms. The number of aromatic hydroxyl groups is 1. The summed E-state index contributed by atoms with van der Waals surface area (Å²) in [5, 5.41) is 8.43. The van der Waals surface area contributed by atoms with E-state index in [4.69, 9.17) is 16.7 Å². The summed E-state index contributed by atoms with van der Waals surface area (Å²) in [5.41, 5.74) is 1.12. The minimum absolute atomic E-state index is 0.0552. The maximum absolute atomic E-state index is 10.7. The summed E-state index contributed by atoms with van der Waals surface area (Å²) in [6.45, 7) is 1.76. The quantitative estimate of drug-likeness (QED) is 0.656. The summed E-state index contributed by atoms with van der Waals surface area (Å²) in [5.74, 6) is 0.0552. The number of aryl methyl sites for hydroxylation is 1. The maximum Gasteiger partial charge on any atom is 0.252 e. The Morgan fingerprint density at radius 2 is 2.18 bits per heavy atom. The van der Waals surface area contributed by atoms with E-state index in [1.165, 1.54) is 12.1 Å². The molecule has 1 aromatic rings. The van der Waals surface area contributed by atoms with Crippen LogP contribution in [0.1, 0.15) is 15.9 Å². The first-order valence-corrected chi connectivity index (χ1v) is 3.48. The van der Waals surface area contributed by atoms with Crippen LogP contribution in [0.5, 0.6) is 5.75 Å². The van der Waals surface area contributed by atoms with Gasteiger partial charge in [-0.3, -0.25) is 4.79 Å². The Balaban J connectivity index is 3.23. The van der Waals surface area contributed by atoms with Crippen molar-refractivity contribution in [3.63, 3.8) is 0 Å². The van der Waals surface area contributed by atoms with Crippen LogP contribution in [-0.2, 0) is 0 Å². The number of benzene rings is 1. The van der Waals surface area contributed by atoms with Crippen LogP contribution < -0.4 is 0 Å². The van der Waals surface area contributed by atoms with Gasteiger partial charge < -0.3 is 5.11 Å². The molecule has 0 saturated heterocycles.